The second-order valence-corrected chi connectivity index (χ2v) is 11.8. The van der Waals surface area contributed by atoms with E-state index in [0.29, 0.717) is 49.2 Å². The summed E-state index contributed by atoms with van der Waals surface area (Å²) >= 11 is 0. The molecule has 0 bridgehead atoms. The number of nitrogens with one attached hydrogen (secondary N) is 2. The molecular formula is C24H33N7O4S2. The van der Waals surface area contributed by atoms with Gasteiger partial charge in [0, 0.05) is 37.6 Å². The topological polar surface area (TPSA) is 151 Å². The summed E-state index contributed by atoms with van der Waals surface area (Å²) in [6.45, 7) is 8.74. The number of nitrogen functional groups attached to an aromatic ring is 1. The third-order valence-electron chi connectivity index (χ3n) is 5.80. The zero-order valence-electron chi connectivity index (χ0n) is 21.3. The number of nitrogens with zero attached hydrogens (tertiary/aromatic N) is 4. The molecule has 0 saturated carbocycles. The standard InChI is InChI=1S/C24H33N7O4S2/c1-5-30(6-2)36(32,33)20-13-9-18(10-14-20)28-23-22(25)24(27-17-26-23)29-19-11-15-21(16-12-19)37(34,35)31(7-3)8-4/h9-17H,5-8,25H2,1-4H3,(H2,26,27,28,29). The summed E-state index contributed by atoms with van der Waals surface area (Å²) in [6, 6.07) is 12.7. The first-order valence-electron chi connectivity index (χ1n) is 11.9. The van der Waals surface area contributed by atoms with Crippen molar-refractivity contribution in [3.63, 3.8) is 0 Å². The summed E-state index contributed by atoms with van der Waals surface area (Å²) < 4.78 is 53.6. The number of sulfonamides is 2. The summed E-state index contributed by atoms with van der Waals surface area (Å²) in [6.07, 6.45) is 1.33. The van der Waals surface area contributed by atoms with Crippen LogP contribution >= 0.6 is 0 Å². The average Bonchev–Trinajstić information content (AvgIpc) is 2.88. The number of aromatic nitrogens is 2. The van der Waals surface area contributed by atoms with Gasteiger partial charge in [-0.15, -0.1) is 0 Å². The molecule has 0 aliphatic heterocycles. The quantitative estimate of drug-likeness (QED) is 0.309. The summed E-state index contributed by atoms with van der Waals surface area (Å²) in [5.41, 5.74) is 7.71. The van der Waals surface area contributed by atoms with Gasteiger partial charge in [-0.3, -0.25) is 0 Å². The Kier molecular flexibility index (Phi) is 9.07. The Morgan fingerprint density at radius 3 is 1.27 bits per heavy atom. The van der Waals surface area contributed by atoms with Crippen LogP contribution in [0.3, 0.4) is 0 Å². The van der Waals surface area contributed by atoms with Gasteiger partial charge in [0.2, 0.25) is 20.0 Å². The first-order chi connectivity index (χ1) is 17.6. The molecule has 13 heteroatoms. The smallest absolute Gasteiger partial charge is 0.243 e. The summed E-state index contributed by atoms with van der Waals surface area (Å²) in [5.74, 6) is 0.662. The van der Waals surface area contributed by atoms with Gasteiger partial charge in [0.05, 0.1) is 9.79 Å². The van der Waals surface area contributed by atoms with E-state index in [0.717, 1.165) is 0 Å². The van der Waals surface area contributed by atoms with Crippen LogP contribution in [-0.4, -0.2) is 61.6 Å². The van der Waals surface area contributed by atoms with Gasteiger partial charge in [0.1, 0.15) is 12.0 Å². The van der Waals surface area contributed by atoms with Crippen LogP contribution in [-0.2, 0) is 20.0 Å². The van der Waals surface area contributed by atoms with Gasteiger partial charge >= 0.3 is 0 Å². The van der Waals surface area contributed by atoms with E-state index in [4.69, 9.17) is 5.73 Å². The minimum Gasteiger partial charge on any atom is -0.393 e. The molecule has 200 valence electrons. The van der Waals surface area contributed by atoms with Gasteiger partial charge in [-0.25, -0.2) is 26.8 Å². The van der Waals surface area contributed by atoms with Gasteiger partial charge < -0.3 is 16.4 Å². The molecule has 1 aromatic heterocycles. The van der Waals surface area contributed by atoms with Crippen molar-refractivity contribution in [1.29, 1.82) is 0 Å². The maximum absolute atomic E-state index is 12.7. The molecule has 37 heavy (non-hydrogen) atoms. The number of hydrogen-bond acceptors (Lipinski definition) is 9. The van der Waals surface area contributed by atoms with E-state index in [-0.39, 0.29) is 15.5 Å². The van der Waals surface area contributed by atoms with Crippen LogP contribution in [0.4, 0.5) is 28.7 Å². The fourth-order valence-electron chi connectivity index (χ4n) is 3.71. The van der Waals surface area contributed by atoms with E-state index in [1.165, 1.54) is 39.2 Å². The van der Waals surface area contributed by atoms with Crippen molar-refractivity contribution in [2.45, 2.75) is 37.5 Å². The molecule has 0 spiro atoms. The lowest BCUT2D eigenvalue weighted by Crippen LogP contribution is -2.30. The normalized spacial score (nSPS) is 12.2. The highest BCUT2D eigenvalue weighted by molar-refractivity contribution is 7.89. The Hall–Kier alpha value is -3.26. The molecule has 1 heterocycles. The molecule has 0 saturated heterocycles. The van der Waals surface area contributed by atoms with E-state index in [1.54, 1.807) is 52.0 Å². The molecule has 0 radical (unpaired) electrons. The molecule has 0 aliphatic carbocycles. The highest BCUT2D eigenvalue weighted by Gasteiger charge is 2.22. The van der Waals surface area contributed by atoms with Crippen LogP contribution < -0.4 is 16.4 Å². The second kappa shape index (κ2) is 11.9. The van der Waals surface area contributed by atoms with Gasteiger partial charge in [-0.2, -0.15) is 8.61 Å². The highest BCUT2D eigenvalue weighted by atomic mass is 32.2. The van der Waals surface area contributed by atoms with E-state index in [2.05, 4.69) is 20.6 Å². The monoisotopic (exact) mass is 547 g/mol. The van der Waals surface area contributed by atoms with Gasteiger partial charge in [0.25, 0.3) is 0 Å². The Labute approximate surface area is 218 Å². The fraction of sp³-hybridized carbons (Fsp3) is 0.333. The number of rotatable bonds is 12. The van der Waals surface area contributed by atoms with Crippen molar-refractivity contribution < 1.29 is 16.8 Å². The molecule has 0 fully saturated rings. The van der Waals surface area contributed by atoms with Gasteiger partial charge in [-0.05, 0) is 48.5 Å². The SMILES string of the molecule is CCN(CC)S(=O)(=O)c1ccc(Nc2ncnc(Nc3ccc(S(=O)(=O)N(CC)CC)cc3)c2N)cc1. The van der Waals surface area contributed by atoms with Crippen molar-refractivity contribution in [3.05, 3.63) is 54.9 Å². The Balaban J connectivity index is 1.77. The van der Waals surface area contributed by atoms with E-state index in [1.807, 2.05) is 0 Å². The molecule has 4 N–H and O–H groups in total. The molecule has 2 aromatic carbocycles. The molecule has 0 atom stereocenters. The van der Waals surface area contributed by atoms with Gasteiger partial charge in [0.15, 0.2) is 11.6 Å². The Morgan fingerprint density at radius 2 is 0.973 bits per heavy atom. The molecule has 0 unspecified atom stereocenters. The zero-order valence-corrected chi connectivity index (χ0v) is 23.0. The number of anilines is 5. The fourth-order valence-corrected chi connectivity index (χ4v) is 6.63. The lowest BCUT2D eigenvalue weighted by molar-refractivity contribution is 0.444. The minimum absolute atomic E-state index is 0.200. The molecule has 3 aromatic rings. The van der Waals surface area contributed by atoms with E-state index >= 15 is 0 Å². The molecule has 0 aliphatic rings. The van der Waals surface area contributed by atoms with Crippen molar-refractivity contribution in [3.8, 4) is 0 Å². The maximum atomic E-state index is 12.7. The Bertz CT molecular complexity index is 1300. The molecule has 3 rings (SSSR count). The second-order valence-electron chi connectivity index (χ2n) is 7.96. The highest BCUT2D eigenvalue weighted by Crippen LogP contribution is 2.29. The molecule has 0 amide bonds. The Morgan fingerprint density at radius 1 is 0.649 bits per heavy atom. The molecule has 11 nitrogen and oxygen atoms in total. The van der Waals surface area contributed by atoms with E-state index in [9.17, 15) is 16.8 Å². The third-order valence-corrected chi connectivity index (χ3v) is 9.93. The summed E-state index contributed by atoms with van der Waals surface area (Å²) in [5, 5.41) is 6.16. The van der Waals surface area contributed by atoms with Gasteiger partial charge in [-0.1, -0.05) is 27.7 Å². The predicted molar refractivity (Wildman–Crippen MR) is 146 cm³/mol. The lowest BCUT2D eigenvalue weighted by atomic mass is 10.3. The van der Waals surface area contributed by atoms with Crippen LogP contribution in [0, 0.1) is 0 Å². The van der Waals surface area contributed by atoms with Crippen molar-refractivity contribution in [2.24, 2.45) is 0 Å². The maximum Gasteiger partial charge on any atom is 0.243 e. The summed E-state index contributed by atoms with van der Waals surface area (Å²) in [7, 11) is -7.11. The van der Waals surface area contributed by atoms with E-state index < -0.39 is 20.0 Å². The summed E-state index contributed by atoms with van der Waals surface area (Å²) in [4.78, 5) is 8.78. The van der Waals surface area contributed by atoms with Crippen LogP contribution in [0.1, 0.15) is 27.7 Å². The first kappa shape index (κ1) is 28.3. The van der Waals surface area contributed by atoms with Crippen LogP contribution in [0.15, 0.2) is 64.6 Å². The van der Waals surface area contributed by atoms with Crippen molar-refractivity contribution >= 4 is 48.7 Å². The number of benzene rings is 2. The van der Waals surface area contributed by atoms with Crippen LogP contribution in [0.2, 0.25) is 0 Å². The van der Waals surface area contributed by atoms with Crippen molar-refractivity contribution in [1.82, 2.24) is 18.6 Å². The first-order valence-corrected chi connectivity index (χ1v) is 14.8. The third kappa shape index (κ3) is 6.18. The lowest BCUT2D eigenvalue weighted by Gasteiger charge is -2.19. The zero-order chi connectivity index (χ0) is 27.2. The van der Waals surface area contributed by atoms with Crippen LogP contribution in [0.5, 0.6) is 0 Å². The average molecular weight is 548 g/mol. The molecular weight excluding hydrogens is 514 g/mol. The predicted octanol–water partition coefficient (Wildman–Crippen LogP) is 3.61. The number of hydrogen-bond donors (Lipinski definition) is 3. The van der Waals surface area contributed by atoms with Crippen molar-refractivity contribution in [2.75, 3.05) is 42.5 Å². The largest absolute Gasteiger partial charge is 0.393 e. The number of nitrogens with two attached hydrogens (primary N) is 1. The minimum atomic E-state index is -3.56. The van der Waals surface area contributed by atoms with Crippen LogP contribution in [0.25, 0.3) is 0 Å².